The average molecular weight is 686 g/mol. The topological polar surface area (TPSA) is 151 Å². The Hall–Kier alpha value is -4.84. The van der Waals surface area contributed by atoms with Gasteiger partial charge in [-0.2, -0.15) is 0 Å². The van der Waals surface area contributed by atoms with Crippen LogP contribution in [-0.4, -0.2) is 43.2 Å². The Morgan fingerprint density at radius 3 is 2.30 bits per heavy atom. The zero-order chi connectivity index (χ0) is 37.2. The van der Waals surface area contributed by atoms with Crippen LogP contribution in [0.4, 0.5) is 0 Å². The number of benzene rings is 2. The number of nitrogens with zero attached hydrogens (tertiary/aromatic N) is 5. The lowest BCUT2D eigenvalue weighted by atomic mass is 9.88. The Balaban J connectivity index is 1.69. The predicted molar refractivity (Wildman–Crippen MR) is 189 cm³/mol. The SMILES string of the molecule is [2H]n1nnnc1-c1cccc(C)c1-c1cc(C)c(C(C)n2c(CC(C)C)nc(C(CC)(CC)OC)c2C(=O)OCc2oc(=O)oc2CC)c(C)c1. The van der Waals surface area contributed by atoms with E-state index in [1.54, 1.807) is 7.11 Å². The molecular formula is C38H48N6O6. The molecule has 0 radical (unpaired) electrons. The molecule has 1 unspecified atom stereocenters. The monoisotopic (exact) mass is 685 g/mol. The fraction of sp³-hybridized carbons (Fsp3) is 0.474. The van der Waals surface area contributed by atoms with Crippen molar-refractivity contribution in [2.45, 2.75) is 106 Å². The van der Waals surface area contributed by atoms with Gasteiger partial charge in [0.1, 0.15) is 17.1 Å². The van der Waals surface area contributed by atoms with Crippen molar-refractivity contribution < 1.29 is 24.5 Å². The highest BCUT2D eigenvalue weighted by Gasteiger charge is 2.40. The first-order valence-corrected chi connectivity index (χ1v) is 17.2. The number of hydrogen-bond acceptors (Lipinski definition) is 10. The van der Waals surface area contributed by atoms with Crippen molar-refractivity contribution in [2.24, 2.45) is 5.92 Å². The lowest BCUT2D eigenvalue weighted by Gasteiger charge is -2.30. The third-order valence-corrected chi connectivity index (χ3v) is 9.63. The number of nitrogens with one attached hydrogen (secondary N) is 1. The summed E-state index contributed by atoms with van der Waals surface area (Å²) >= 11 is 0. The largest absolute Gasteiger partial charge is 0.519 e. The third-order valence-electron chi connectivity index (χ3n) is 9.63. The van der Waals surface area contributed by atoms with E-state index in [4.69, 9.17) is 24.7 Å². The van der Waals surface area contributed by atoms with E-state index >= 15 is 0 Å². The number of carbonyl (C=O) groups is 1. The van der Waals surface area contributed by atoms with Gasteiger partial charge in [0.15, 0.2) is 31.1 Å². The molecule has 2 aromatic carbocycles. The number of methoxy groups -OCH3 is 1. The van der Waals surface area contributed by atoms with Gasteiger partial charge in [0.25, 0.3) is 0 Å². The summed E-state index contributed by atoms with van der Waals surface area (Å²) in [7, 11) is 1.65. The second kappa shape index (κ2) is 15.0. The number of ether oxygens (including phenoxy) is 2. The zero-order valence-electron chi connectivity index (χ0n) is 31.7. The number of H-pyrrole nitrogens is 1. The van der Waals surface area contributed by atoms with Crippen LogP contribution in [0.2, 0.25) is 1.41 Å². The van der Waals surface area contributed by atoms with Crippen LogP contribution in [-0.2, 0) is 34.5 Å². The van der Waals surface area contributed by atoms with Crippen LogP contribution >= 0.6 is 0 Å². The van der Waals surface area contributed by atoms with Gasteiger partial charge in [0.2, 0.25) is 0 Å². The Morgan fingerprint density at radius 1 is 1.04 bits per heavy atom. The van der Waals surface area contributed by atoms with E-state index in [1.807, 2.05) is 50.5 Å². The molecule has 12 heteroatoms. The van der Waals surface area contributed by atoms with Crippen LogP contribution in [0.25, 0.3) is 22.5 Å². The molecule has 0 spiro atoms. The lowest BCUT2D eigenvalue weighted by molar-refractivity contribution is -0.0265. The molecule has 3 heterocycles. The quantitative estimate of drug-likeness (QED) is 0.116. The van der Waals surface area contributed by atoms with E-state index < -0.39 is 17.4 Å². The van der Waals surface area contributed by atoms with Crippen molar-refractivity contribution in [3.63, 3.8) is 0 Å². The van der Waals surface area contributed by atoms with Crippen molar-refractivity contribution in [1.82, 2.24) is 30.2 Å². The molecule has 5 aromatic rings. The molecule has 0 amide bonds. The highest BCUT2D eigenvalue weighted by atomic mass is 16.6. The van der Waals surface area contributed by atoms with Crippen LogP contribution in [0.15, 0.2) is 44.0 Å². The molecule has 12 nitrogen and oxygen atoms in total. The molecule has 0 bridgehead atoms. The number of esters is 1. The maximum atomic E-state index is 14.4. The predicted octanol–water partition coefficient (Wildman–Crippen LogP) is 7.59. The van der Waals surface area contributed by atoms with E-state index in [2.05, 4.69) is 62.3 Å². The summed E-state index contributed by atoms with van der Waals surface area (Å²) in [6.45, 7) is 18.1. The number of aromatic nitrogens is 6. The normalized spacial score (nSPS) is 12.8. The molecule has 0 aliphatic carbocycles. The summed E-state index contributed by atoms with van der Waals surface area (Å²) in [6, 6.07) is 9.81. The van der Waals surface area contributed by atoms with E-state index in [9.17, 15) is 9.59 Å². The molecule has 5 rings (SSSR count). The Labute approximate surface area is 294 Å². The minimum absolute atomic E-state index is 0.181. The smallest absolute Gasteiger partial charge is 0.453 e. The van der Waals surface area contributed by atoms with E-state index in [1.165, 1.54) is 0 Å². The van der Waals surface area contributed by atoms with Gasteiger partial charge in [-0.25, -0.2) is 19.7 Å². The van der Waals surface area contributed by atoms with Crippen LogP contribution < -0.4 is 5.82 Å². The van der Waals surface area contributed by atoms with Crippen molar-refractivity contribution in [3.05, 3.63) is 91.9 Å². The maximum Gasteiger partial charge on any atom is 0.519 e. The Morgan fingerprint density at radius 2 is 1.72 bits per heavy atom. The van der Waals surface area contributed by atoms with Gasteiger partial charge in [0, 0.05) is 25.5 Å². The summed E-state index contributed by atoms with van der Waals surface area (Å²) in [5.74, 6) is 0.420. The number of hydrogen-bond donors (Lipinski definition) is 1. The molecule has 0 saturated carbocycles. The van der Waals surface area contributed by atoms with Crippen LogP contribution in [0.5, 0.6) is 0 Å². The number of rotatable bonds is 14. The molecular weight excluding hydrogens is 636 g/mol. The lowest BCUT2D eigenvalue weighted by Crippen LogP contribution is -2.31. The van der Waals surface area contributed by atoms with Gasteiger partial charge < -0.3 is 22.9 Å². The molecule has 3 aromatic heterocycles. The standard InChI is InChI=1S/C38H48N6O6/c1-11-28-29(50-37(46)49-28)20-48-36(45)33-34(38(12-2,13-3)47-10)39-30(17-21(4)5)44(33)25(9)31-23(7)18-26(19-24(31)8)32-22(6)15-14-16-27(32)35-40-42-43-41-35/h14-16,18-19,21,25H,11-13,17,20H2,1-10H3,(H,40,41,42,43)/i/hD. The second-order valence-corrected chi connectivity index (χ2v) is 13.2. The molecule has 0 saturated heterocycles. The molecule has 266 valence electrons. The summed E-state index contributed by atoms with van der Waals surface area (Å²) in [4.78, 5) is 31.4. The summed E-state index contributed by atoms with van der Waals surface area (Å²) in [5, 5.41) is 12.5. The van der Waals surface area contributed by atoms with E-state index in [-0.39, 0.29) is 24.3 Å². The fourth-order valence-corrected chi connectivity index (χ4v) is 7.20. The van der Waals surface area contributed by atoms with E-state index in [0.717, 1.165) is 49.9 Å². The van der Waals surface area contributed by atoms with Gasteiger partial charge >= 0.3 is 11.8 Å². The summed E-state index contributed by atoms with van der Waals surface area (Å²) in [6.07, 6.45) is 2.18. The van der Waals surface area contributed by atoms with Crippen molar-refractivity contribution >= 4 is 5.97 Å². The third kappa shape index (κ3) is 6.81. The number of aryl methyl sites for hydroxylation is 4. The Bertz CT molecular complexity index is 2050. The first-order valence-electron chi connectivity index (χ1n) is 17.7. The van der Waals surface area contributed by atoms with Gasteiger partial charge in [-0.15, -0.1) is 5.10 Å². The van der Waals surface area contributed by atoms with Crippen molar-refractivity contribution in [1.29, 1.82) is 0 Å². The minimum atomic E-state index is -0.843. The molecule has 0 aliphatic heterocycles. The van der Waals surface area contributed by atoms with Gasteiger partial charge in [-0.05, 0) is 90.3 Å². The van der Waals surface area contributed by atoms with Gasteiger partial charge in [-0.3, -0.25) is 0 Å². The highest BCUT2D eigenvalue weighted by molar-refractivity contribution is 5.90. The number of carbonyl (C=O) groups excluding carboxylic acids is 1. The molecule has 0 fully saturated rings. The zero-order valence-corrected chi connectivity index (χ0v) is 30.7. The number of tetrazole rings is 1. The highest BCUT2D eigenvalue weighted by Crippen LogP contribution is 2.40. The number of imidazole rings is 1. The first kappa shape index (κ1) is 35.0. The van der Waals surface area contributed by atoms with Crippen LogP contribution in [0.1, 0.15) is 116 Å². The average Bonchev–Trinajstić information content (AvgIpc) is 3.80. The van der Waals surface area contributed by atoms with Crippen LogP contribution in [0, 0.1) is 26.7 Å². The van der Waals surface area contributed by atoms with Gasteiger partial charge in [0.05, 0.1) is 6.04 Å². The van der Waals surface area contributed by atoms with Crippen molar-refractivity contribution in [2.75, 3.05) is 7.11 Å². The van der Waals surface area contributed by atoms with Crippen molar-refractivity contribution in [3.8, 4) is 22.5 Å². The number of aromatic amines is 1. The molecule has 1 N–H and O–H groups in total. The summed E-state index contributed by atoms with van der Waals surface area (Å²) in [5.41, 5.74) is 6.73. The van der Waals surface area contributed by atoms with E-state index in [0.29, 0.717) is 48.7 Å². The minimum Gasteiger partial charge on any atom is -0.453 e. The molecule has 50 heavy (non-hydrogen) atoms. The molecule has 0 aliphatic rings. The van der Waals surface area contributed by atoms with Crippen LogP contribution in [0.3, 0.4) is 0 Å². The second-order valence-electron chi connectivity index (χ2n) is 13.2. The van der Waals surface area contributed by atoms with Gasteiger partial charge in [-0.1, -0.05) is 65.0 Å². The maximum absolute atomic E-state index is 14.4. The summed E-state index contributed by atoms with van der Waals surface area (Å²) < 4.78 is 32.6. The first-order chi connectivity index (χ1) is 24.3. The Kier molecular flexibility index (Phi) is 10.5. The fourth-order valence-electron chi connectivity index (χ4n) is 7.20. The molecule has 1 atom stereocenters.